The first kappa shape index (κ1) is 19.5. The van der Waals surface area contributed by atoms with Crippen LogP contribution in [0.2, 0.25) is 0 Å². The zero-order valence-electron chi connectivity index (χ0n) is 15.4. The number of benzene rings is 2. The van der Waals surface area contributed by atoms with Crippen molar-refractivity contribution in [3.05, 3.63) is 57.8 Å². The van der Waals surface area contributed by atoms with Crippen LogP contribution in [0.4, 0.5) is 10.1 Å². The molecule has 5 nitrogen and oxygen atoms in total. The second-order valence-corrected chi connectivity index (χ2v) is 9.93. The molecule has 0 bridgehead atoms. The molecule has 2 aliphatic heterocycles. The largest absolute Gasteiger partial charge is 0.311 e. The summed E-state index contributed by atoms with van der Waals surface area (Å²) >= 11 is 3.41. The molecule has 1 saturated heterocycles. The number of nitrogens with zero attached hydrogens (tertiary/aromatic N) is 2. The van der Waals surface area contributed by atoms with E-state index in [1.807, 2.05) is 6.07 Å². The third-order valence-electron chi connectivity index (χ3n) is 5.42. The van der Waals surface area contributed by atoms with Gasteiger partial charge in [-0.2, -0.15) is 4.31 Å². The lowest BCUT2D eigenvalue weighted by molar-refractivity contribution is -0.116. The molecule has 148 valence electrons. The molecule has 1 fully saturated rings. The Bertz CT molecular complexity index is 1040. The average Bonchev–Trinajstić information content (AvgIpc) is 3.28. The zero-order chi connectivity index (χ0) is 20.1. The molecule has 0 N–H and O–H groups in total. The number of hydrogen-bond acceptors (Lipinski definition) is 3. The summed E-state index contributed by atoms with van der Waals surface area (Å²) in [5.41, 5.74) is 2.11. The first-order valence-electron chi connectivity index (χ1n) is 9.17. The van der Waals surface area contributed by atoms with E-state index in [1.54, 1.807) is 18.2 Å². The smallest absolute Gasteiger partial charge is 0.245 e. The van der Waals surface area contributed by atoms with Gasteiger partial charge in [-0.3, -0.25) is 4.79 Å². The van der Waals surface area contributed by atoms with Crippen molar-refractivity contribution in [2.45, 2.75) is 37.1 Å². The molecule has 0 unspecified atom stereocenters. The van der Waals surface area contributed by atoms with Crippen LogP contribution < -0.4 is 4.90 Å². The molecule has 2 heterocycles. The van der Waals surface area contributed by atoms with E-state index in [-0.39, 0.29) is 22.7 Å². The highest BCUT2D eigenvalue weighted by molar-refractivity contribution is 9.10. The summed E-state index contributed by atoms with van der Waals surface area (Å²) in [7, 11) is -3.84. The van der Waals surface area contributed by atoms with Crippen molar-refractivity contribution in [2.24, 2.45) is 0 Å². The molecule has 1 amide bonds. The summed E-state index contributed by atoms with van der Waals surface area (Å²) in [4.78, 5) is 13.8. The lowest BCUT2D eigenvalue weighted by atomic mass is 10.1. The minimum absolute atomic E-state index is 0.151. The minimum Gasteiger partial charge on any atom is -0.311 e. The molecule has 28 heavy (non-hydrogen) atoms. The average molecular weight is 467 g/mol. The Morgan fingerprint density at radius 1 is 1.18 bits per heavy atom. The van der Waals surface area contributed by atoms with Crippen molar-refractivity contribution in [3.63, 3.8) is 0 Å². The van der Waals surface area contributed by atoms with Gasteiger partial charge < -0.3 is 4.90 Å². The molecule has 0 aliphatic carbocycles. The van der Waals surface area contributed by atoms with Gasteiger partial charge in [0.1, 0.15) is 10.7 Å². The molecule has 1 atom stereocenters. The summed E-state index contributed by atoms with van der Waals surface area (Å²) in [6.45, 7) is 2.32. The molecule has 2 aromatic carbocycles. The van der Waals surface area contributed by atoms with Gasteiger partial charge in [-0.1, -0.05) is 28.1 Å². The van der Waals surface area contributed by atoms with Gasteiger partial charge in [0.25, 0.3) is 0 Å². The number of sulfonamides is 1. The maximum absolute atomic E-state index is 13.7. The lowest BCUT2D eigenvalue weighted by Gasteiger charge is -2.27. The second kappa shape index (κ2) is 7.24. The first-order valence-corrected chi connectivity index (χ1v) is 11.4. The summed E-state index contributed by atoms with van der Waals surface area (Å²) in [5, 5.41) is 0. The Labute approximate surface area is 172 Å². The third-order valence-corrected chi connectivity index (χ3v) is 7.80. The number of amides is 1. The Balaban J connectivity index is 1.81. The van der Waals surface area contributed by atoms with Crippen LogP contribution in [0.15, 0.2) is 45.8 Å². The van der Waals surface area contributed by atoms with Gasteiger partial charge in [-0.05, 0) is 54.7 Å². The van der Waals surface area contributed by atoms with Crippen LogP contribution >= 0.6 is 15.9 Å². The number of anilines is 1. The molecule has 0 radical (unpaired) electrons. The Hall–Kier alpha value is -1.77. The fourth-order valence-electron chi connectivity index (χ4n) is 4.15. The normalized spacial score (nSPS) is 19.8. The maximum Gasteiger partial charge on any atom is 0.245 e. The lowest BCUT2D eigenvalue weighted by Crippen LogP contribution is -2.33. The maximum atomic E-state index is 13.7. The standard InChI is InChI=1S/C20H20BrFN2O3S/c1-13(25)23-10-8-15-11-16(21)12-19(20(15)23)28(26,27)24-9-2-3-18(24)14-4-6-17(22)7-5-14/h4-7,11-12,18H,2-3,8-10H2,1H3/t18-/m0/s1. The number of halogens is 2. The van der Waals surface area contributed by atoms with E-state index < -0.39 is 10.0 Å². The molecule has 2 aromatic rings. The van der Waals surface area contributed by atoms with E-state index >= 15 is 0 Å². The van der Waals surface area contributed by atoms with E-state index in [9.17, 15) is 17.6 Å². The van der Waals surface area contributed by atoms with Gasteiger partial charge in [0.15, 0.2) is 0 Å². The van der Waals surface area contributed by atoms with Crippen molar-refractivity contribution < 1.29 is 17.6 Å². The number of carbonyl (C=O) groups is 1. The van der Waals surface area contributed by atoms with Crippen LogP contribution in [-0.4, -0.2) is 31.7 Å². The van der Waals surface area contributed by atoms with Crippen molar-refractivity contribution in [3.8, 4) is 0 Å². The number of carbonyl (C=O) groups excluding carboxylic acids is 1. The number of rotatable bonds is 3. The van der Waals surface area contributed by atoms with E-state index in [0.717, 1.165) is 17.5 Å². The fourth-order valence-corrected chi connectivity index (χ4v) is 6.76. The fraction of sp³-hybridized carbons (Fsp3) is 0.350. The van der Waals surface area contributed by atoms with Crippen LogP contribution in [0.25, 0.3) is 0 Å². The highest BCUT2D eigenvalue weighted by Crippen LogP contribution is 2.43. The second-order valence-electron chi connectivity index (χ2n) is 7.16. The summed E-state index contributed by atoms with van der Waals surface area (Å²) in [5.74, 6) is -0.521. The van der Waals surface area contributed by atoms with Crippen LogP contribution in [0, 0.1) is 5.82 Å². The quantitative estimate of drug-likeness (QED) is 0.685. The van der Waals surface area contributed by atoms with Crippen molar-refractivity contribution in [1.82, 2.24) is 4.31 Å². The molecule has 0 aromatic heterocycles. The van der Waals surface area contributed by atoms with E-state index in [2.05, 4.69) is 15.9 Å². The topological polar surface area (TPSA) is 57.7 Å². The number of hydrogen-bond donors (Lipinski definition) is 0. The summed E-state index contributed by atoms with van der Waals surface area (Å²) in [6.07, 6.45) is 2.03. The van der Waals surface area contributed by atoms with Gasteiger partial charge in [0.2, 0.25) is 15.9 Å². The Kier molecular flexibility index (Phi) is 5.05. The van der Waals surface area contributed by atoms with Gasteiger partial charge in [-0.15, -0.1) is 0 Å². The predicted molar refractivity (Wildman–Crippen MR) is 108 cm³/mol. The van der Waals surface area contributed by atoms with E-state index in [1.165, 1.54) is 28.3 Å². The number of fused-ring (bicyclic) bond motifs is 1. The van der Waals surface area contributed by atoms with Crippen LogP contribution in [0.1, 0.15) is 36.9 Å². The minimum atomic E-state index is -3.84. The highest BCUT2D eigenvalue weighted by atomic mass is 79.9. The molecule has 0 saturated carbocycles. The molecule has 0 spiro atoms. The SMILES string of the molecule is CC(=O)N1CCc2cc(Br)cc(S(=O)(=O)N3CCC[C@H]3c3ccc(F)cc3)c21. The van der Waals surface area contributed by atoms with Crippen molar-refractivity contribution >= 4 is 37.5 Å². The molecule has 8 heteroatoms. The van der Waals surface area contributed by atoms with Gasteiger partial charge >= 0.3 is 0 Å². The van der Waals surface area contributed by atoms with Crippen molar-refractivity contribution in [2.75, 3.05) is 18.0 Å². The molecule has 4 rings (SSSR count). The van der Waals surface area contributed by atoms with E-state index in [4.69, 9.17) is 0 Å². The Morgan fingerprint density at radius 2 is 1.89 bits per heavy atom. The summed E-state index contributed by atoms with van der Waals surface area (Å²) in [6, 6.07) is 9.10. The molecule has 2 aliphatic rings. The van der Waals surface area contributed by atoms with Crippen LogP contribution in [0.5, 0.6) is 0 Å². The molecular weight excluding hydrogens is 447 g/mol. The highest BCUT2D eigenvalue weighted by Gasteiger charge is 2.40. The van der Waals surface area contributed by atoms with E-state index in [0.29, 0.717) is 36.1 Å². The predicted octanol–water partition coefficient (Wildman–Crippen LogP) is 4.02. The zero-order valence-corrected chi connectivity index (χ0v) is 17.8. The Morgan fingerprint density at radius 3 is 2.57 bits per heavy atom. The molecular formula is C20H20BrFN2O3S. The monoisotopic (exact) mass is 466 g/mol. The third kappa shape index (κ3) is 3.27. The van der Waals surface area contributed by atoms with Gasteiger partial charge in [-0.25, -0.2) is 12.8 Å². The van der Waals surface area contributed by atoms with Gasteiger partial charge in [0, 0.05) is 24.5 Å². The summed E-state index contributed by atoms with van der Waals surface area (Å²) < 4.78 is 42.8. The van der Waals surface area contributed by atoms with Gasteiger partial charge in [0.05, 0.1) is 11.7 Å². The van der Waals surface area contributed by atoms with Crippen LogP contribution in [-0.2, 0) is 21.2 Å². The van der Waals surface area contributed by atoms with Crippen LogP contribution in [0.3, 0.4) is 0 Å². The van der Waals surface area contributed by atoms with Crippen molar-refractivity contribution in [1.29, 1.82) is 0 Å². The first-order chi connectivity index (χ1) is 13.3.